The molecule has 3 nitrogen and oxygen atoms in total. The summed E-state index contributed by atoms with van der Waals surface area (Å²) >= 11 is 0. The van der Waals surface area contributed by atoms with Crippen LogP contribution in [0.1, 0.15) is 67.0 Å². The first-order chi connectivity index (χ1) is 13.0. The molecule has 1 amide bonds. The van der Waals surface area contributed by atoms with Gasteiger partial charge in [-0.2, -0.15) is 0 Å². The van der Waals surface area contributed by atoms with E-state index in [0.29, 0.717) is 0 Å². The van der Waals surface area contributed by atoms with Crippen molar-refractivity contribution in [1.29, 1.82) is 0 Å². The van der Waals surface area contributed by atoms with Gasteiger partial charge in [0.1, 0.15) is 5.75 Å². The van der Waals surface area contributed by atoms with Crippen molar-refractivity contribution in [2.75, 3.05) is 0 Å². The van der Waals surface area contributed by atoms with E-state index in [-0.39, 0.29) is 11.9 Å². The first-order valence-electron chi connectivity index (χ1n) is 10.1. The predicted octanol–water partition coefficient (Wildman–Crippen LogP) is 5.22. The van der Waals surface area contributed by atoms with Gasteiger partial charge in [-0.3, -0.25) is 4.79 Å². The predicted molar refractivity (Wildman–Crippen MR) is 110 cm³/mol. The molecule has 2 aromatic carbocycles. The third-order valence-electron chi connectivity index (χ3n) is 5.53. The summed E-state index contributed by atoms with van der Waals surface area (Å²) in [4.78, 5) is 12.7. The van der Waals surface area contributed by atoms with E-state index >= 15 is 0 Å². The molecular weight excluding hydrogens is 334 g/mol. The molecule has 0 aromatic heterocycles. The van der Waals surface area contributed by atoms with Gasteiger partial charge in [-0.1, -0.05) is 36.8 Å². The van der Waals surface area contributed by atoms with Gasteiger partial charge in [0.25, 0.3) is 5.91 Å². The molecular formula is C24H31NO2. The van der Waals surface area contributed by atoms with Gasteiger partial charge in [-0.25, -0.2) is 0 Å². The van der Waals surface area contributed by atoms with Gasteiger partial charge >= 0.3 is 0 Å². The van der Waals surface area contributed by atoms with Crippen LogP contribution in [0.15, 0.2) is 36.4 Å². The van der Waals surface area contributed by atoms with E-state index in [1.807, 2.05) is 13.0 Å². The maximum Gasteiger partial charge on any atom is 0.261 e. The van der Waals surface area contributed by atoms with Crippen molar-refractivity contribution in [2.24, 2.45) is 0 Å². The summed E-state index contributed by atoms with van der Waals surface area (Å²) in [6, 6.07) is 12.6. The summed E-state index contributed by atoms with van der Waals surface area (Å²) in [7, 11) is 0. The van der Waals surface area contributed by atoms with Crippen molar-refractivity contribution in [1.82, 2.24) is 5.32 Å². The fraction of sp³-hybridized carbons (Fsp3) is 0.458. The van der Waals surface area contributed by atoms with Crippen LogP contribution < -0.4 is 10.1 Å². The first-order valence-corrected chi connectivity index (χ1v) is 10.1. The molecule has 0 unspecified atom stereocenters. The van der Waals surface area contributed by atoms with E-state index in [2.05, 4.69) is 56.4 Å². The van der Waals surface area contributed by atoms with Crippen molar-refractivity contribution in [3.8, 4) is 5.75 Å². The molecule has 1 N–H and O–H groups in total. The Balaban J connectivity index is 1.65. The number of carbonyl (C=O) groups is 1. The second kappa shape index (κ2) is 8.60. The van der Waals surface area contributed by atoms with E-state index < -0.39 is 6.10 Å². The molecule has 0 saturated carbocycles. The number of hydrogen-bond donors (Lipinski definition) is 1. The maximum atomic E-state index is 12.7. The molecule has 27 heavy (non-hydrogen) atoms. The lowest BCUT2D eigenvalue weighted by molar-refractivity contribution is -0.128. The van der Waals surface area contributed by atoms with E-state index in [1.54, 1.807) is 0 Å². The van der Waals surface area contributed by atoms with Gasteiger partial charge in [-0.15, -0.1) is 0 Å². The fourth-order valence-corrected chi connectivity index (χ4v) is 3.95. The fourth-order valence-electron chi connectivity index (χ4n) is 3.95. The van der Waals surface area contributed by atoms with Crippen LogP contribution in [0.25, 0.3) is 0 Å². The van der Waals surface area contributed by atoms with Crippen LogP contribution in [0.2, 0.25) is 0 Å². The van der Waals surface area contributed by atoms with Crippen LogP contribution in [0, 0.1) is 13.8 Å². The Bertz CT molecular complexity index is 812. The number of ether oxygens (including phenoxy) is 1. The Kier molecular flexibility index (Phi) is 6.20. The molecule has 0 radical (unpaired) electrons. The van der Waals surface area contributed by atoms with E-state index in [1.165, 1.54) is 40.7 Å². The van der Waals surface area contributed by atoms with E-state index in [4.69, 9.17) is 4.74 Å². The van der Waals surface area contributed by atoms with Crippen molar-refractivity contribution < 1.29 is 9.53 Å². The molecule has 3 rings (SSSR count). The smallest absolute Gasteiger partial charge is 0.261 e. The normalized spacial score (nSPS) is 15.6. The van der Waals surface area contributed by atoms with Crippen LogP contribution in [-0.2, 0) is 17.6 Å². The van der Waals surface area contributed by atoms with Crippen LogP contribution in [0.3, 0.4) is 0 Å². The number of aryl methyl sites for hydroxylation is 4. The minimum atomic E-state index is -0.522. The zero-order valence-corrected chi connectivity index (χ0v) is 17.0. The minimum Gasteiger partial charge on any atom is -0.481 e. The summed E-state index contributed by atoms with van der Waals surface area (Å²) in [5, 5.41) is 3.16. The number of benzene rings is 2. The quantitative estimate of drug-likeness (QED) is 0.762. The van der Waals surface area contributed by atoms with Crippen molar-refractivity contribution in [3.05, 3.63) is 64.2 Å². The van der Waals surface area contributed by atoms with Crippen LogP contribution in [0.4, 0.5) is 0 Å². The highest BCUT2D eigenvalue weighted by molar-refractivity contribution is 5.81. The average Bonchev–Trinajstić information content (AvgIpc) is 2.66. The van der Waals surface area contributed by atoms with Crippen LogP contribution in [-0.4, -0.2) is 12.0 Å². The largest absolute Gasteiger partial charge is 0.481 e. The summed E-state index contributed by atoms with van der Waals surface area (Å²) in [6.07, 6.45) is 5.09. The van der Waals surface area contributed by atoms with Crippen molar-refractivity contribution >= 4 is 5.91 Å². The third kappa shape index (κ3) is 4.71. The molecule has 0 saturated heterocycles. The Morgan fingerprint density at radius 3 is 2.52 bits per heavy atom. The number of fused-ring (bicyclic) bond motifs is 1. The maximum absolute atomic E-state index is 12.7. The lowest BCUT2D eigenvalue weighted by Gasteiger charge is -2.23. The molecule has 144 valence electrons. The average molecular weight is 366 g/mol. The number of rotatable bonds is 6. The molecule has 0 fully saturated rings. The van der Waals surface area contributed by atoms with Crippen LogP contribution >= 0.6 is 0 Å². The van der Waals surface area contributed by atoms with E-state index in [9.17, 15) is 4.79 Å². The number of hydrogen-bond acceptors (Lipinski definition) is 2. The molecule has 2 atom stereocenters. The monoisotopic (exact) mass is 365 g/mol. The first kappa shape index (κ1) is 19.5. The molecule has 0 spiro atoms. The highest BCUT2D eigenvalue weighted by Gasteiger charge is 2.21. The SMILES string of the molecule is CC[C@@H](NC(=O)[C@H](C)Oc1ccc2c(c1)CCCC2)c1ccc(C)cc1C. The highest BCUT2D eigenvalue weighted by Crippen LogP contribution is 2.26. The molecule has 3 heteroatoms. The highest BCUT2D eigenvalue weighted by atomic mass is 16.5. The molecule has 0 heterocycles. The zero-order chi connectivity index (χ0) is 19.4. The molecule has 1 aliphatic rings. The van der Waals surface area contributed by atoms with Gasteiger partial charge < -0.3 is 10.1 Å². The number of carbonyl (C=O) groups excluding carboxylic acids is 1. The van der Waals surface area contributed by atoms with Crippen LogP contribution in [0.5, 0.6) is 5.75 Å². The second-order valence-electron chi connectivity index (χ2n) is 7.73. The Morgan fingerprint density at radius 2 is 1.81 bits per heavy atom. The van der Waals surface area contributed by atoms with E-state index in [0.717, 1.165) is 25.0 Å². The second-order valence-corrected chi connectivity index (χ2v) is 7.73. The number of amides is 1. The zero-order valence-electron chi connectivity index (χ0n) is 17.0. The Hall–Kier alpha value is -2.29. The summed E-state index contributed by atoms with van der Waals surface area (Å²) in [5.74, 6) is 0.720. The molecule has 2 aromatic rings. The lowest BCUT2D eigenvalue weighted by atomic mass is 9.92. The van der Waals surface area contributed by atoms with Gasteiger partial charge in [0.05, 0.1) is 6.04 Å². The van der Waals surface area contributed by atoms with Crippen molar-refractivity contribution in [2.45, 2.75) is 71.9 Å². The van der Waals surface area contributed by atoms with Gasteiger partial charge in [-0.05, 0) is 87.3 Å². The van der Waals surface area contributed by atoms with Gasteiger partial charge in [0.15, 0.2) is 6.10 Å². The number of nitrogens with one attached hydrogen (secondary N) is 1. The van der Waals surface area contributed by atoms with Gasteiger partial charge in [0.2, 0.25) is 0 Å². The third-order valence-corrected chi connectivity index (χ3v) is 5.53. The summed E-state index contributed by atoms with van der Waals surface area (Å²) in [6.45, 7) is 8.11. The summed E-state index contributed by atoms with van der Waals surface area (Å²) < 4.78 is 5.96. The Labute approximate surface area is 163 Å². The molecule has 1 aliphatic carbocycles. The molecule has 0 bridgehead atoms. The standard InChI is InChI=1S/C24H31NO2/c1-5-23(22-13-10-16(2)14-17(22)3)25-24(26)18(4)27-21-12-11-19-8-6-7-9-20(19)15-21/h10-15,18,23H,5-9H2,1-4H3,(H,25,26)/t18-,23+/m0/s1. The topological polar surface area (TPSA) is 38.3 Å². The van der Waals surface area contributed by atoms with Crippen molar-refractivity contribution in [3.63, 3.8) is 0 Å². The summed E-state index contributed by atoms with van der Waals surface area (Å²) in [5.41, 5.74) is 6.42. The lowest BCUT2D eigenvalue weighted by Crippen LogP contribution is -2.38. The Morgan fingerprint density at radius 1 is 1.07 bits per heavy atom. The molecule has 0 aliphatic heterocycles. The van der Waals surface area contributed by atoms with Gasteiger partial charge in [0, 0.05) is 0 Å². The minimum absolute atomic E-state index is 0.00711.